The standard InChI is InChI=1S/C47H84N2O15/c1-16-35-47(11,54)40(52)29(4)38(51)27(2)25-45(9,55-14)41(64-44-37(48(12)13)34(24-28(3)59-44)58-21-17-18-49-19-22-57-23-20-49)30(5)39(31(6)43(53)62-35)63-36-26-46(10,56-15)42(32(7)60-36)61-33(8)50/h27-32,34-37,39-42,44,52,54H,16-26H2,1-15H3/t27-,28-,29+,30+,31-,32+,34-,35-,36-,37+,39+,40-,41-,42+,44+,45+,46-,47-/m1/s1. The van der Waals surface area contributed by atoms with Crippen LogP contribution in [-0.2, 0) is 61.8 Å². The Hall–Kier alpha value is -1.87. The fourth-order valence-corrected chi connectivity index (χ4v) is 10.5. The van der Waals surface area contributed by atoms with Crippen molar-refractivity contribution in [2.75, 3.05) is 67.8 Å². The lowest BCUT2D eigenvalue weighted by atomic mass is 9.74. The number of carbonyl (C=O) groups is 3. The van der Waals surface area contributed by atoms with Crippen molar-refractivity contribution < 1.29 is 72.0 Å². The van der Waals surface area contributed by atoms with Gasteiger partial charge in [0, 0.05) is 78.0 Å². The molecule has 4 fully saturated rings. The zero-order valence-electron chi connectivity index (χ0n) is 41.5. The lowest BCUT2D eigenvalue weighted by Crippen LogP contribution is -2.62. The Morgan fingerprint density at radius 1 is 0.906 bits per heavy atom. The number of ether oxygens (including phenoxy) is 10. The number of hydrogen-bond donors (Lipinski definition) is 2. The van der Waals surface area contributed by atoms with E-state index in [0.29, 0.717) is 13.0 Å². The van der Waals surface area contributed by atoms with Gasteiger partial charge in [0.05, 0.1) is 67.4 Å². The van der Waals surface area contributed by atoms with Crippen molar-refractivity contribution in [1.29, 1.82) is 0 Å². The molecule has 0 radical (unpaired) electrons. The normalized spacial score (nSPS) is 43.7. The summed E-state index contributed by atoms with van der Waals surface area (Å²) in [5.74, 6) is -4.90. The van der Waals surface area contributed by atoms with Gasteiger partial charge in [-0.25, -0.2) is 0 Å². The number of aliphatic hydroxyl groups excluding tert-OH is 1. The molecular weight excluding hydrogens is 833 g/mol. The Labute approximate surface area is 382 Å². The highest BCUT2D eigenvalue weighted by atomic mass is 16.7. The molecule has 0 spiro atoms. The third kappa shape index (κ3) is 13.0. The fraction of sp³-hybridized carbons (Fsp3) is 0.936. The summed E-state index contributed by atoms with van der Waals surface area (Å²) in [4.78, 5) is 45.4. The lowest BCUT2D eigenvalue weighted by molar-refractivity contribution is -0.318. The van der Waals surface area contributed by atoms with Crippen LogP contribution in [0.3, 0.4) is 0 Å². The van der Waals surface area contributed by atoms with E-state index < -0.39 is 102 Å². The van der Waals surface area contributed by atoms with Crippen molar-refractivity contribution in [3.8, 4) is 0 Å². The number of ketones is 1. The molecule has 4 heterocycles. The van der Waals surface area contributed by atoms with E-state index in [-0.39, 0.29) is 43.3 Å². The minimum atomic E-state index is -1.98. The maximum absolute atomic E-state index is 14.5. The summed E-state index contributed by atoms with van der Waals surface area (Å²) < 4.78 is 63.8. The molecule has 17 nitrogen and oxygen atoms in total. The van der Waals surface area contributed by atoms with Crippen LogP contribution in [0, 0.1) is 23.7 Å². The average Bonchev–Trinajstić information content (AvgIpc) is 3.24. The van der Waals surface area contributed by atoms with Crippen molar-refractivity contribution in [3.05, 3.63) is 0 Å². The number of rotatable bonds is 14. The molecule has 4 rings (SSSR count). The molecular formula is C47H84N2O15. The molecule has 0 aromatic carbocycles. The molecule has 64 heavy (non-hydrogen) atoms. The zero-order chi connectivity index (χ0) is 47.9. The summed E-state index contributed by atoms with van der Waals surface area (Å²) in [6, 6.07) is -0.368. The predicted octanol–water partition coefficient (Wildman–Crippen LogP) is 3.76. The van der Waals surface area contributed by atoms with E-state index >= 15 is 0 Å². The van der Waals surface area contributed by atoms with Crippen molar-refractivity contribution >= 4 is 17.7 Å². The fourth-order valence-electron chi connectivity index (χ4n) is 10.5. The van der Waals surface area contributed by atoms with Gasteiger partial charge in [-0.1, -0.05) is 27.7 Å². The van der Waals surface area contributed by atoms with Gasteiger partial charge in [-0.05, 0) is 74.9 Å². The van der Waals surface area contributed by atoms with Crippen molar-refractivity contribution in [3.63, 3.8) is 0 Å². The maximum Gasteiger partial charge on any atom is 0.311 e. The summed E-state index contributed by atoms with van der Waals surface area (Å²) in [5, 5.41) is 23.5. The van der Waals surface area contributed by atoms with Crippen molar-refractivity contribution in [2.45, 2.75) is 193 Å². The molecule has 0 bridgehead atoms. The largest absolute Gasteiger partial charge is 0.459 e. The van der Waals surface area contributed by atoms with E-state index in [1.165, 1.54) is 21.0 Å². The van der Waals surface area contributed by atoms with Gasteiger partial charge in [-0.3, -0.25) is 24.2 Å². The second-order valence-corrected chi connectivity index (χ2v) is 19.9. The van der Waals surface area contributed by atoms with Crippen LogP contribution in [0.5, 0.6) is 0 Å². The number of nitrogens with zero attached hydrogens (tertiary/aromatic N) is 2. The zero-order valence-corrected chi connectivity index (χ0v) is 41.5. The first kappa shape index (κ1) is 54.7. The Bertz CT molecular complexity index is 1500. The quantitative estimate of drug-likeness (QED) is 0.189. The molecule has 2 N–H and O–H groups in total. The van der Waals surface area contributed by atoms with Gasteiger partial charge in [0.15, 0.2) is 18.7 Å². The predicted molar refractivity (Wildman–Crippen MR) is 236 cm³/mol. The van der Waals surface area contributed by atoms with E-state index in [1.807, 2.05) is 46.7 Å². The van der Waals surface area contributed by atoms with Crippen LogP contribution in [0.2, 0.25) is 0 Å². The maximum atomic E-state index is 14.5. The molecule has 0 amide bonds. The van der Waals surface area contributed by atoms with Gasteiger partial charge in [-0.15, -0.1) is 0 Å². The van der Waals surface area contributed by atoms with Crippen LogP contribution in [0.15, 0.2) is 0 Å². The summed E-state index contributed by atoms with van der Waals surface area (Å²) >= 11 is 0. The first-order valence-electron chi connectivity index (χ1n) is 23.6. The van der Waals surface area contributed by atoms with Gasteiger partial charge in [-0.2, -0.15) is 0 Å². The molecule has 0 unspecified atom stereocenters. The number of carbonyl (C=O) groups excluding carboxylic acids is 3. The highest BCUT2D eigenvalue weighted by Crippen LogP contribution is 2.42. The third-order valence-corrected chi connectivity index (χ3v) is 14.5. The van der Waals surface area contributed by atoms with Crippen molar-refractivity contribution in [1.82, 2.24) is 9.80 Å². The summed E-state index contributed by atoms with van der Waals surface area (Å²) in [7, 11) is 7.02. The highest BCUT2D eigenvalue weighted by Gasteiger charge is 2.55. The second kappa shape index (κ2) is 23.4. The minimum absolute atomic E-state index is 0.127. The molecule has 372 valence electrons. The van der Waals surface area contributed by atoms with E-state index in [0.717, 1.165) is 39.3 Å². The first-order chi connectivity index (χ1) is 29.9. The topological polar surface area (TPSA) is 190 Å². The van der Waals surface area contributed by atoms with Crippen LogP contribution in [0.4, 0.5) is 0 Å². The molecule has 0 aliphatic carbocycles. The number of methoxy groups -OCH3 is 2. The number of cyclic esters (lactones) is 1. The van der Waals surface area contributed by atoms with Crippen LogP contribution in [0.1, 0.15) is 108 Å². The third-order valence-electron chi connectivity index (χ3n) is 14.5. The molecule has 4 saturated heterocycles. The number of Topliss-reactive ketones (excluding diaryl/α,β-unsaturated/α-hetero) is 1. The molecule has 4 aliphatic rings. The number of aliphatic hydroxyl groups is 2. The van der Waals surface area contributed by atoms with Crippen LogP contribution < -0.4 is 0 Å². The Morgan fingerprint density at radius 2 is 1.53 bits per heavy atom. The molecule has 0 aromatic rings. The summed E-state index contributed by atoms with van der Waals surface area (Å²) in [5.41, 5.74) is -4.25. The summed E-state index contributed by atoms with van der Waals surface area (Å²) in [6.45, 7) is 23.6. The van der Waals surface area contributed by atoms with Crippen molar-refractivity contribution in [2.24, 2.45) is 23.7 Å². The Kier molecular flexibility index (Phi) is 20.0. The van der Waals surface area contributed by atoms with Gasteiger partial charge >= 0.3 is 11.9 Å². The molecule has 0 saturated carbocycles. The first-order valence-corrected chi connectivity index (χ1v) is 23.6. The van der Waals surface area contributed by atoms with E-state index in [2.05, 4.69) is 4.90 Å². The van der Waals surface area contributed by atoms with Gasteiger partial charge in [0.1, 0.15) is 23.1 Å². The Balaban J connectivity index is 1.80. The monoisotopic (exact) mass is 917 g/mol. The molecule has 18 atom stereocenters. The molecule has 17 heteroatoms. The van der Waals surface area contributed by atoms with Gasteiger partial charge in [0.2, 0.25) is 0 Å². The van der Waals surface area contributed by atoms with E-state index in [1.54, 1.807) is 41.7 Å². The number of hydrogen-bond acceptors (Lipinski definition) is 17. The highest BCUT2D eigenvalue weighted by molar-refractivity contribution is 5.83. The van der Waals surface area contributed by atoms with E-state index in [4.69, 9.17) is 47.4 Å². The molecule has 0 aromatic heterocycles. The van der Waals surface area contributed by atoms with E-state index in [9.17, 15) is 24.6 Å². The number of esters is 2. The smallest absolute Gasteiger partial charge is 0.311 e. The Morgan fingerprint density at radius 3 is 2.11 bits per heavy atom. The SMILES string of the molecule is CC[C@H]1OC(=O)[C@H](C)[C@@H](O[C@@H]2C[C@@](C)(OC)[C@@H](OC(C)=O)[C@H](C)O2)[C@H](C)[C@@H](O[C@@H]2O[C@H](C)C[C@@H](OCCCN3CCOCC3)[C@@H]2N(C)C)[C@@](C)(OC)C[C@@H](C)C(=O)[C@H](C)[C@@H](O)[C@]1(C)O. The van der Waals surface area contributed by atoms with Crippen LogP contribution >= 0.6 is 0 Å². The lowest BCUT2D eigenvalue weighted by Gasteiger charge is -2.50. The van der Waals surface area contributed by atoms with Gasteiger partial charge < -0.3 is 57.6 Å². The van der Waals surface area contributed by atoms with Crippen LogP contribution in [-0.4, -0.2) is 190 Å². The van der Waals surface area contributed by atoms with Crippen LogP contribution in [0.25, 0.3) is 0 Å². The average molecular weight is 917 g/mol. The second-order valence-electron chi connectivity index (χ2n) is 19.9. The number of morpholine rings is 1. The van der Waals surface area contributed by atoms with Gasteiger partial charge in [0.25, 0.3) is 0 Å². The number of likely N-dealkylation sites (N-methyl/N-ethyl adjacent to an activating group) is 1. The molecule has 4 aliphatic heterocycles. The minimum Gasteiger partial charge on any atom is -0.459 e. The summed E-state index contributed by atoms with van der Waals surface area (Å²) in [6.07, 6.45) is -6.51.